The number of fused-ring (bicyclic) bond motifs is 1. The molecule has 7 heteroatoms. The van der Waals surface area contributed by atoms with E-state index in [1.54, 1.807) is 13.0 Å². The molecular formula is C12H9FN4O2. The number of rotatable bonds is 2. The summed E-state index contributed by atoms with van der Waals surface area (Å²) in [5.74, 6) is -0.337. The van der Waals surface area contributed by atoms with Gasteiger partial charge in [0, 0.05) is 6.42 Å². The van der Waals surface area contributed by atoms with Crippen LogP contribution >= 0.6 is 0 Å². The van der Waals surface area contributed by atoms with E-state index in [0.29, 0.717) is 5.56 Å². The Morgan fingerprint density at radius 3 is 2.95 bits per heavy atom. The molecule has 1 aromatic carbocycles. The highest BCUT2D eigenvalue weighted by atomic mass is 19.1. The molecule has 0 saturated carbocycles. The third-order valence-corrected chi connectivity index (χ3v) is 2.68. The van der Waals surface area contributed by atoms with E-state index in [-0.39, 0.29) is 34.8 Å². The number of H-pyrrole nitrogens is 1. The van der Waals surface area contributed by atoms with Crippen LogP contribution < -0.4 is 5.56 Å². The van der Waals surface area contributed by atoms with Crippen molar-refractivity contribution in [2.45, 2.75) is 13.3 Å². The Bertz CT molecular complexity index is 789. The first kappa shape index (κ1) is 11.5. The van der Waals surface area contributed by atoms with Crippen molar-refractivity contribution < 1.29 is 9.02 Å². The van der Waals surface area contributed by atoms with E-state index in [1.165, 1.54) is 12.1 Å². The number of aromatic amines is 1. The minimum absolute atomic E-state index is 0.198. The van der Waals surface area contributed by atoms with Gasteiger partial charge in [-0.15, -0.1) is 0 Å². The van der Waals surface area contributed by atoms with Crippen LogP contribution in [0.15, 0.2) is 27.6 Å². The van der Waals surface area contributed by atoms with Gasteiger partial charge in [0.15, 0.2) is 0 Å². The number of hydrogen-bond acceptors (Lipinski definition) is 5. The third-order valence-electron chi connectivity index (χ3n) is 2.68. The van der Waals surface area contributed by atoms with Gasteiger partial charge in [-0.3, -0.25) is 9.78 Å². The van der Waals surface area contributed by atoms with Gasteiger partial charge in [0.05, 0.1) is 0 Å². The highest BCUT2D eigenvalue weighted by Gasteiger charge is 2.10. The van der Waals surface area contributed by atoms with Crippen molar-refractivity contribution in [1.29, 1.82) is 0 Å². The molecule has 0 aliphatic rings. The first-order valence-corrected chi connectivity index (χ1v) is 5.59. The van der Waals surface area contributed by atoms with Crippen molar-refractivity contribution in [2.24, 2.45) is 0 Å². The van der Waals surface area contributed by atoms with Crippen molar-refractivity contribution in [3.63, 3.8) is 0 Å². The van der Waals surface area contributed by atoms with Crippen LogP contribution in [0, 0.1) is 12.7 Å². The van der Waals surface area contributed by atoms with E-state index in [2.05, 4.69) is 24.9 Å². The van der Waals surface area contributed by atoms with E-state index < -0.39 is 0 Å². The molecule has 1 N–H and O–H groups in total. The Balaban J connectivity index is 2.04. The van der Waals surface area contributed by atoms with Gasteiger partial charge < -0.3 is 0 Å². The maximum atomic E-state index is 13.3. The number of nitrogens with one attached hydrogen (secondary N) is 1. The minimum Gasteiger partial charge on any atom is -0.299 e. The molecule has 3 aromatic rings. The van der Waals surface area contributed by atoms with Crippen molar-refractivity contribution in [3.8, 4) is 0 Å². The SMILES string of the molecule is Cc1cc(F)cc(Cc2nc3nonc3[nH]c2=O)c1. The molecule has 0 spiro atoms. The monoisotopic (exact) mass is 260 g/mol. The first-order chi connectivity index (χ1) is 9.11. The van der Waals surface area contributed by atoms with Crippen molar-refractivity contribution in [1.82, 2.24) is 20.3 Å². The molecule has 3 rings (SSSR count). The lowest BCUT2D eigenvalue weighted by atomic mass is 10.1. The molecule has 96 valence electrons. The average molecular weight is 260 g/mol. The van der Waals surface area contributed by atoms with Crippen molar-refractivity contribution in [3.05, 3.63) is 51.2 Å². The number of aromatic nitrogens is 4. The number of hydrogen-bond donors (Lipinski definition) is 1. The van der Waals surface area contributed by atoms with Gasteiger partial charge in [0.1, 0.15) is 11.5 Å². The minimum atomic E-state index is -0.384. The summed E-state index contributed by atoms with van der Waals surface area (Å²) in [7, 11) is 0. The lowest BCUT2D eigenvalue weighted by molar-refractivity contribution is 0.314. The van der Waals surface area contributed by atoms with Gasteiger partial charge >= 0.3 is 0 Å². The number of nitrogens with zero attached hydrogens (tertiary/aromatic N) is 3. The molecule has 2 aromatic heterocycles. The molecule has 0 amide bonds. The predicted octanol–water partition coefficient (Wildman–Crippen LogP) is 1.34. The molecule has 0 unspecified atom stereocenters. The van der Waals surface area contributed by atoms with Crippen LogP contribution in [0.5, 0.6) is 0 Å². The zero-order chi connectivity index (χ0) is 13.4. The molecule has 6 nitrogen and oxygen atoms in total. The Morgan fingerprint density at radius 1 is 1.32 bits per heavy atom. The second kappa shape index (κ2) is 4.27. The molecule has 0 bridgehead atoms. The van der Waals surface area contributed by atoms with Crippen LogP contribution in [0.25, 0.3) is 11.3 Å². The Labute approximate surface area is 106 Å². The van der Waals surface area contributed by atoms with Crippen molar-refractivity contribution >= 4 is 11.3 Å². The van der Waals surface area contributed by atoms with Gasteiger partial charge in [-0.2, -0.15) is 0 Å². The van der Waals surface area contributed by atoms with Gasteiger partial charge in [0.2, 0.25) is 11.3 Å². The van der Waals surface area contributed by atoms with Gasteiger partial charge in [0.25, 0.3) is 5.56 Å². The van der Waals surface area contributed by atoms with Gasteiger partial charge in [-0.1, -0.05) is 6.07 Å². The Kier molecular flexibility index (Phi) is 2.59. The van der Waals surface area contributed by atoms with Crippen LogP contribution in [0.3, 0.4) is 0 Å². The molecule has 0 saturated heterocycles. The zero-order valence-electron chi connectivity index (χ0n) is 9.98. The molecule has 0 atom stereocenters. The molecule has 0 fully saturated rings. The largest absolute Gasteiger partial charge is 0.299 e. The van der Waals surface area contributed by atoms with Crippen LogP contribution in [-0.2, 0) is 6.42 Å². The average Bonchev–Trinajstić information content (AvgIpc) is 2.75. The van der Waals surface area contributed by atoms with E-state index in [1.807, 2.05) is 0 Å². The standard InChI is InChI=1S/C12H9FN4O2/c1-6-2-7(4-8(13)3-6)5-9-12(18)15-11-10(14-9)16-19-17-11/h2-4H,5H2,1H3,(H,15,17,18). The summed E-state index contributed by atoms with van der Waals surface area (Å²) < 4.78 is 17.8. The Morgan fingerprint density at radius 2 is 2.16 bits per heavy atom. The molecule has 2 heterocycles. The smallest absolute Gasteiger partial charge is 0.271 e. The van der Waals surface area contributed by atoms with Gasteiger partial charge in [-0.05, 0) is 40.5 Å². The summed E-state index contributed by atoms with van der Waals surface area (Å²) in [6, 6.07) is 4.60. The van der Waals surface area contributed by atoms with Crippen LogP contribution in [-0.4, -0.2) is 20.3 Å². The topological polar surface area (TPSA) is 84.7 Å². The summed E-state index contributed by atoms with van der Waals surface area (Å²) in [6.07, 6.45) is 0.219. The first-order valence-electron chi connectivity index (χ1n) is 5.59. The fourth-order valence-electron chi connectivity index (χ4n) is 1.92. The molecule has 19 heavy (non-hydrogen) atoms. The van der Waals surface area contributed by atoms with E-state index >= 15 is 0 Å². The predicted molar refractivity (Wildman–Crippen MR) is 64.2 cm³/mol. The quantitative estimate of drug-likeness (QED) is 0.751. The fourth-order valence-corrected chi connectivity index (χ4v) is 1.92. The normalized spacial score (nSPS) is 11.1. The highest BCUT2D eigenvalue weighted by molar-refractivity contribution is 5.62. The second-order valence-electron chi connectivity index (χ2n) is 4.26. The third kappa shape index (κ3) is 2.22. The summed E-state index contributed by atoms with van der Waals surface area (Å²) in [5, 5.41) is 7.05. The van der Waals surface area contributed by atoms with Crippen LogP contribution in [0.2, 0.25) is 0 Å². The van der Waals surface area contributed by atoms with Crippen LogP contribution in [0.4, 0.5) is 4.39 Å². The Hall–Kier alpha value is -2.57. The summed E-state index contributed by atoms with van der Waals surface area (Å²) in [4.78, 5) is 18.3. The second-order valence-corrected chi connectivity index (χ2v) is 4.26. The van der Waals surface area contributed by atoms with Crippen LogP contribution in [0.1, 0.15) is 16.8 Å². The summed E-state index contributed by atoms with van der Waals surface area (Å²) >= 11 is 0. The number of benzene rings is 1. The van der Waals surface area contributed by atoms with E-state index in [4.69, 9.17) is 0 Å². The number of halogens is 1. The summed E-state index contributed by atoms with van der Waals surface area (Å²) in [5.41, 5.74) is 1.74. The van der Waals surface area contributed by atoms with Gasteiger partial charge in [-0.25, -0.2) is 14.0 Å². The van der Waals surface area contributed by atoms with E-state index in [0.717, 1.165) is 5.56 Å². The highest BCUT2D eigenvalue weighted by Crippen LogP contribution is 2.11. The molecular weight excluding hydrogens is 251 g/mol. The molecule has 0 aliphatic heterocycles. The lowest BCUT2D eigenvalue weighted by Gasteiger charge is -2.02. The maximum Gasteiger partial charge on any atom is 0.271 e. The lowest BCUT2D eigenvalue weighted by Crippen LogP contribution is -2.15. The number of aryl methyl sites for hydroxylation is 1. The maximum absolute atomic E-state index is 13.3. The zero-order valence-corrected chi connectivity index (χ0v) is 9.98. The van der Waals surface area contributed by atoms with Crippen molar-refractivity contribution in [2.75, 3.05) is 0 Å². The molecule has 0 radical (unpaired) electrons. The molecule has 0 aliphatic carbocycles. The fraction of sp³-hybridized carbons (Fsp3) is 0.167. The summed E-state index contributed by atoms with van der Waals surface area (Å²) in [6.45, 7) is 1.79. The van der Waals surface area contributed by atoms with E-state index in [9.17, 15) is 9.18 Å².